The van der Waals surface area contributed by atoms with E-state index in [2.05, 4.69) is 15.2 Å². The summed E-state index contributed by atoms with van der Waals surface area (Å²) in [7, 11) is 2.69. The van der Waals surface area contributed by atoms with Gasteiger partial charge in [0.1, 0.15) is 28.6 Å². The fourth-order valence-electron chi connectivity index (χ4n) is 3.95. The number of benzene rings is 1. The zero-order chi connectivity index (χ0) is 25.1. The van der Waals surface area contributed by atoms with Crippen molar-refractivity contribution < 1.29 is 38.0 Å². The van der Waals surface area contributed by atoms with E-state index in [9.17, 15) is 19.4 Å². The Kier molecular flexibility index (Phi) is 7.01. The van der Waals surface area contributed by atoms with Gasteiger partial charge < -0.3 is 33.7 Å². The van der Waals surface area contributed by atoms with Gasteiger partial charge in [-0.1, -0.05) is 0 Å². The molecule has 1 amide bonds. The highest BCUT2D eigenvalue weighted by molar-refractivity contribution is 5.88. The van der Waals surface area contributed by atoms with Crippen molar-refractivity contribution in [2.24, 2.45) is 0 Å². The third-order valence-electron chi connectivity index (χ3n) is 5.57. The van der Waals surface area contributed by atoms with Crippen LogP contribution in [0.4, 0.5) is 4.39 Å². The number of carbonyl (C=O) groups excluding carboxylic acids is 1. The summed E-state index contributed by atoms with van der Waals surface area (Å²) in [5, 5.41) is 29.9. The molecular weight excluding hydrogens is 463 g/mol. The van der Waals surface area contributed by atoms with E-state index < -0.39 is 17.4 Å². The molecule has 35 heavy (non-hydrogen) atoms. The molecule has 1 aliphatic rings. The highest BCUT2D eigenvalue weighted by Gasteiger charge is 2.30. The van der Waals surface area contributed by atoms with E-state index in [1.54, 1.807) is 11.8 Å². The third kappa shape index (κ3) is 4.69. The molecule has 0 atom stereocenters. The second kappa shape index (κ2) is 10.1. The number of pyridine rings is 1. The number of methoxy groups -OCH3 is 2. The van der Waals surface area contributed by atoms with Crippen molar-refractivity contribution in [1.29, 1.82) is 0 Å². The lowest BCUT2D eigenvalue weighted by molar-refractivity contribution is -0.128. The molecule has 0 aliphatic carbocycles. The Bertz CT molecular complexity index is 1220. The molecule has 3 aromatic rings. The zero-order valence-corrected chi connectivity index (χ0v) is 19.5. The SMILES string of the molecule is CCOCc1nc(O)c(-c2nnc(CN3CCCC3=O)o2)c(O)c1-c1c(OC)cc(F)cc1OC. The Morgan fingerprint density at radius 1 is 1.11 bits per heavy atom. The van der Waals surface area contributed by atoms with Crippen LogP contribution in [0.15, 0.2) is 16.5 Å². The van der Waals surface area contributed by atoms with E-state index in [0.29, 0.717) is 19.6 Å². The summed E-state index contributed by atoms with van der Waals surface area (Å²) in [6, 6.07) is 2.26. The van der Waals surface area contributed by atoms with Gasteiger partial charge in [-0.2, -0.15) is 0 Å². The van der Waals surface area contributed by atoms with Crippen molar-refractivity contribution in [2.45, 2.75) is 32.9 Å². The van der Waals surface area contributed by atoms with Gasteiger partial charge in [-0.05, 0) is 13.3 Å². The number of halogens is 1. The predicted molar refractivity (Wildman–Crippen MR) is 119 cm³/mol. The lowest BCUT2D eigenvalue weighted by Crippen LogP contribution is -2.23. The van der Waals surface area contributed by atoms with Gasteiger partial charge in [0.15, 0.2) is 0 Å². The van der Waals surface area contributed by atoms with Crippen molar-refractivity contribution in [3.05, 3.63) is 29.5 Å². The summed E-state index contributed by atoms with van der Waals surface area (Å²) >= 11 is 0. The van der Waals surface area contributed by atoms with Gasteiger partial charge in [-0.25, -0.2) is 9.37 Å². The minimum absolute atomic E-state index is 0.0184. The highest BCUT2D eigenvalue weighted by atomic mass is 19.1. The van der Waals surface area contributed by atoms with E-state index >= 15 is 0 Å². The van der Waals surface area contributed by atoms with Crippen LogP contribution in [-0.4, -0.2) is 63.6 Å². The molecule has 0 unspecified atom stereocenters. The summed E-state index contributed by atoms with van der Waals surface area (Å²) in [6.07, 6.45) is 1.20. The van der Waals surface area contributed by atoms with Crippen molar-refractivity contribution >= 4 is 5.91 Å². The lowest BCUT2D eigenvalue weighted by Gasteiger charge is -2.19. The van der Waals surface area contributed by atoms with Gasteiger partial charge in [0, 0.05) is 31.7 Å². The average molecular weight is 488 g/mol. The first kappa shape index (κ1) is 24.2. The van der Waals surface area contributed by atoms with Crippen LogP contribution < -0.4 is 9.47 Å². The first-order valence-electron chi connectivity index (χ1n) is 10.9. The van der Waals surface area contributed by atoms with Gasteiger partial charge in [0.2, 0.25) is 17.7 Å². The maximum Gasteiger partial charge on any atom is 0.257 e. The van der Waals surface area contributed by atoms with Crippen molar-refractivity contribution in [3.63, 3.8) is 0 Å². The second-order valence-corrected chi connectivity index (χ2v) is 7.72. The first-order chi connectivity index (χ1) is 16.9. The third-order valence-corrected chi connectivity index (χ3v) is 5.57. The van der Waals surface area contributed by atoms with Crippen LogP contribution in [0, 0.1) is 5.82 Å². The van der Waals surface area contributed by atoms with E-state index in [4.69, 9.17) is 18.6 Å². The minimum atomic E-state index is -0.613. The van der Waals surface area contributed by atoms with Crippen molar-refractivity contribution in [1.82, 2.24) is 20.1 Å². The van der Waals surface area contributed by atoms with E-state index in [0.717, 1.165) is 18.6 Å². The number of likely N-dealkylation sites (tertiary alicyclic amines) is 1. The molecule has 3 heterocycles. The van der Waals surface area contributed by atoms with E-state index in [1.807, 2.05) is 0 Å². The molecule has 12 heteroatoms. The maximum atomic E-state index is 14.1. The summed E-state index contributed by atoms with van der Waals surface area (Å²) in [6.45, 7) is 2.72. The second-order valence-electron chi connectivity index (χ2n) is 7.72. The van der Waals surface area contributed by atoms with Crippen LogP contribution in [-0.2, 0) is 22.7 Å². The van der Waals surface area contributed by atoms with Gasteiger partial charge in [0.05, 0.1) is 44.2 Å². The number of ether oxygens (including phenoxy) is 3. The van der Waals surface area contributed by atoms with Crippen molar-refractivity contribution in [3.8, 4) is 45.7 Å². The zero-order valence-electron chi connectivity index (χ0n) is 19.5. The average Bonchev–Trinajstić information content (AvgIpc) is 3.46. The molecule has 1 fully saturated rings. The number of nitrogens with zero attached hydrogens (tertiary/aromatic N) is 4. The van der Waals surface area contributed by atoms with Crippen LogP contribution in [0.2, 0.25) is 0 Å². The molecule has 2 aromatic heterocycles. The molecule has 0 bridgehead atoms. The molecular formula is C23H25FN4O7. The number of rotatable bonds is 9. The number of aromatic hydroxyl groups is 2. The Morgan fingerprint density at radius 3 is 2.43 bits per heavy atom. The molecule has 4 rings (SSSR count). The Hall–Kier alpha value is -3.93. The van der Waals surface area contributed by atoms with Gasteiger partial charge >= 0.3 is 0 Å². The molecule has 186 valence electrons. The smallest absolute Gasteiger partial charge is 0.257 e. The summed E-state index contributed by atoms with van der Waals surface area (Å²) < 4.78 is 36.0. The van der Waals surface area contributed by atoms with Gasteiger partial charge in [-0.3, -0.25) is 4.79 Å². The van der Waals surface area contributed by atoms with E-state index in [-0.39, 0.29) is 64.7 Å². The topological polar surface area (TPSA) is 140 Å². The fraction of sp³-hybridized carbons (Fsp3) is 0.391. The normalized spacial score (nSPS) is 13.5. The van der Waals surface area contributed by atoms with E-state index in [1.165, 1.54) is 14.2 Å². The van der Waals surface area contributed by atoms with Gasteiger partial charge in [0.25, 0.3) is 5.89 Å². The fourth-order valence-corrected chi connectivity index (χ4v) is 3.95. The Morgan fingerprint density at radius 2 is 1.83 bits per heavy atom. The summed E-state index contributed by atoms with van der Waals surface area (Å²) in [5.41, 5.74) is 0.186. The molecule has 1 aromatic carbocycles. The number of aromatic nitrogens is 3. The molecule has 0 spiro atoms. The standard InChI is InChI=1S/C23H25FN4O7/c1-4-34-11-13-18(19-14(32-2)8-12(24)9-15(19)33-3)21(30)20(22(31)25-13)23-27-26-16(35-23)10-28-7-5-6-17(28)29/h8-9H,4-7,10-11H2,1-3H3,(H2,25,30,31). The Labute approximate surface area is 200 Å². The summed E-state index contributed by atoms with van der Waals surface area (Å²) in [4.78, 5) is 17.7. The number of carbonyl (C=O) groups is 1. The number of hydrogen-bond acceptors (Lipinski definition) is 10. The molecule has 1 saturated heterocycles. The van der Waals surface area contributed by atoms with Crippen molar-refractivity contribution in [2.75, 3.05) is 27.4 Å². The van der Waals surface area contributed by atoms with Crippen LogP contribution >= 0.6 is 0 Å². The first-order valence-corrected chi connectivity index (χ1v) is 10.9. The monoisotopic (exact) mass is 488 g/mol. The molecule has 1 aliphatic heterocycles. The highest BCUT2D eigenvalue weighted by Crippen LogP contribution is 2.49. The Balaban J connectivity index is 1.87. The number of hydrogen-bond donors (Lipinski definition) is 2. The largest absolute Gasteiger partial charge is 0.506 e. The summed E-state index contributed by atoms with van der Waals surface area (Å²) in [5.74, 6) is -1.63. The van der Waals surface area contributed by atoms with Crippen LogP contribution in [0.5, 0.6) is 23.1 Å². The quantitative estimate of drug-likeness (QED) is 0.462. The van der Waals surface area contributed by atoms with Crippen LogP contribution in [0.25, 0.3) is 22.6 Å². The van der Waals surface area contributed by atoms with Crippen LogP contribution in [0.3, 0.4) is 0 Å². The van der Waals surface area contributed by atoms with Gasteiger partial charge in [-0.15, -0.1) is 10.2 Å². The number of amides is 1. The lowest BCUT2D eigenvalue weighted by atomic mass is 9.97. The van der Waals surface area contributed by atoms with Crippen LogP contribution in [0.1, 0.15) is 31.4 Å². The molecule has 11 nitrogen and oxygen atoms in total. The molecule has 2 N–H and O–H groups in total. The predicted octanol–water partition coefficient (Wildman–Crippen LogP) is 3.03. The maximum absolute atomic E-state index is 14.1. The minimum Gasteiger partial charge on any atom is -0.506 e. The molecule has 0 radical (unpaired) electrons. The molecule has 0 saturated carbocycles.